The van der Waals surface area contributed by atoms with Crippen LogP contribution in [0.1, 0.15) is 45.1 Å². The van der Waals surface area contributed by atoms with E-state index in [1.54, 1.807) is 0 Å². The van der Waals surface area contributed by atoms with Gasteiger partial charge < -0.3 is 10.6 Å². The molecule has 1 unspecified atom stereocenters. The number of benzene rings is 1. The molecule has 1 aliphatic rings. The number of nitrogens with two attached hydrogens (primary N) is 1. The topological polar surface area (TPSA) is 46.3 Å². The van der Waals surface area contributed by atoms with E-state index < -0.39 is 0 Å². The van der Waals surface area contributed by atoms with Crippen molar-refractivity contribution in [1.29, 1.82) is 0 Å². The van der Waals surface area contributed by atoms with E-state index in [9.17, 15) is 4.79 Å². The SMILES string of the molecule is CC(C(=O)N1CCC(C(C)C)CC1)c1cccc(N)c1. The molecule has 1 aliphatic heterocycles. The van der Waals surface area contributed by atoms with Gasteiger partial charge in [-0.15, -0.1) is 0 Å². The first-order valence-electron chi connectivity index (χ1n) is 7.63. The number of carbonyl (C=O) groups excluding carboxylic acids is 1. The van der Waals surface area contributed by atoms with Crippen molar-refractivity contribution in [2.24, 2.45) is 11.8 Å². The number of carbonyl (C=O) groups is 1. The van der Waals surface area contributed by atoms with Crippen molar-refractivity contribution in [2.75, 3.05) is 18.8 Å². The molecule has 1 amide bonds. The van der Waals surface area contributed by atoms with Crippen LogP contribution in [0.2, 0.25) is 0 Å². The molecule has 3 heteroatoms. The molecule has 0 bridgehead atoms. The lowest BCUT2D eigenvalue weighted by Crippen LogP contribution is -2.41. The number of nitrogen functional groups attached to an aromatic ring is 1. The molecule has 1 atom stereocenters. The Morgan fingerprint density at radius 2 is 1.90 bits per heavy atom. The fourth-order valence-corrected chi connectivity index (χ4v) is 3.03. The summed E-state index contributed by atoms with van der Waals surface area (Å²) in [6.45, 7) is 8.32. The molecule has 1 aromatic rings. The van der Waals surface area contributed by atoms with Gasteiger partial charge in [-0.25, -0.2) is 0 Å². The molecular weight excluding hydrogens is 248 g/mol. The monoisotopic (exact) mass is 274 g/mol. The van der Waals surface area contributed by atoms with Crippen molar-refractivity contribution < 1.29 is 4.79 Å². The maximum atomic E-state index is 12.6. The predicted molar refractivity (Wildman–Crippen MR) is 83.4 cm³/mol. The van der Waals surface area contributed by atoms with Crippen molar-refractivity contribution in [2.45, 2.75) is 39.5 Å². The third-order valence-corrected chi connectivity index (χ3v) is 4.58. The van der Waals surface area contributed by atoms with Gasteiger partial charge in [0.05, 0.1) is 5.92 Å². The summed E-state index contributed by atoms with van der Waals surface area (Å²) in [6.07, 6.45) is 2.26. The van der Waals surface area contributed by atoms with Gasteiger partial charge in [0.1, 0.15) is 0 Å². The second-order valence-corrected chi connectivity index (χ2v) is 6.30. The summed E-state index contributed by atoms with van der Waals surface area (Å²) in [5.41, 5.74) is 7.54. The number of hydrogen-bond donors (Lipinski definition) is 1. The average molecular weight is 274 g/mol. The lowest BCUT2D eigenvalue weighted by atomic mass is 9.86. The summed E-state index contributed by atoms with van der Waals surface area (Å²) in [5.74, 6) is 1.62. The summed E-state index contributed by atoms with van der Waals surface area (Å²) in [5, 5.41) is 0. The van der Waals surface area contributed by atoms with E-state index in [4.69, 9.17) is 5.73 Å². The van der Waals surface area contributed by atoms with Crippen LogP contribution in [0.25, 0.3) is 0 Å². The maximum Gasteiger partial charge on any atom is 0.229 e. The summed E-state index contributed by atoms with van der Waals surface area (Å²) in [7, 11) is 0. The largest absolute Gasteiger partial charge is 0.399 e. The maximum absolute atomic E-state index is 12.6. The number of likely N-dealkylation sites (tertiary alicyclic amines) is 1. The van der Waals surface area contributed by atoms with Crippen LogP contribution in [-0.4, -0.2) is 23.9 Å². The van der Waals surface area contributed by atoms with Gasteiger partial charge in [-0.3, -0.25) is 4.79 Å². The molecule has 1 saturated heterocycles. The fraction of sp³-hybridized carbons (Fsp3) is 0.588. The Labute approximate surface area is 122 Å². The molecule has 3 nitrogen and oxygen atoms in total. The van der Waals surface area contributed by atoms with Crippen LogP contribution < -0.4 is 5.73 Å². The first-order chi connectivity index (χ1) is 9.49. The molecule has 1 aromatic carbocycles. The Hall–Kier alpha value is -1.51. The molecule has 0 aliphatic carbocycles. The van der Waals surface area contributed by atoms with Crippen LogP contribution in [-0.2, 0) is 4.79 Å². The van der Waals surface area contributed by atoms with Crippen LogP contribution in [0, 0.1) is 11.8 Å². The second kappa shape index (κ2) is 6.29. The van der Waals surface area contributed by atoms with Crippen LogP contribution in [0.3, 0.4) is 0 Å². The minimum atomic E-state index is -0.103. The third kappa shape index (κ3) is 3.33. The Kier molecular flexibility index (Phi) is 4.69. The highest BCUT2D eigenvalue weighted by Crippen LogP contribution is 2.27. The number of anilines is 1. The van der Waals surface area contributed by atoms with E-state index in [1.807, 2.05) is 36.1 Å². The lowest BCUT2D eigenvalue weighted by molar-refractivity contribution is -0.134. The molecule has 0 spiro atoms. The number of rotatable bonds is 3. The summed E-state index contributed by atoms with van der Waals surface area (Å²) in [6, 6.07) is 7.66. The minimum absolute atomic E-state index is 0.103. The first kappa shape index (κ1) is 14.9. The molecular formula is C17H26N2O. The van der Waals surface area contributed by atoms with E-state index in [0.29, 0.717) is 0 Å². The zero-order chi connectivity index (χ0) is 14.7. The molecule has 1 heterocycles. The van der Waals surface area contributed by atoms with Gasteiger partial charge in [-0.1, -0.05) is 26.0 Å². The zero-order valence-corrected chi connectivity index (χ0v) is 12.8. The molecule has 110 valence electrons. The van der Waals surface area contributed by atoms with E-state index in [-0.39, 0.29) is 11.8 Å². The van der Waals surface area contributed by atoms with Gasteiger partial charge in [0.2, 0.25) is 5.91 Å². The van der Waals surface area contributed by atoms with Crippen molar-refractivity contribution in [3.8, 4) is 0 Å². The standard InChI is InChI=1S/C17H26N2O/c1-12(2)14-7-9-19(10-8-14)17(20)13(3)15-5-4-6-16(18)11-15/h4-6,11-14H,7-10,18H2,1-3H3. The molecule has 20 heavy (non-hydrogen) atoms. The average Bonchev–Trinajstić information content (AvgIpc) is 2.46. The quantitative estimate of drug-likeness (QED) is 0.860. The molecule has 2 N–H and O–H groups in total. The lowest BCUT2D eigenvalue weighted by Gasteiger charge is -2.35. The van der Waals surface area contributed by atoms with Gasteiger partial charge in [0, 0.05) is 18.8 Å². The van der Waals surface area contributed by atoms with Crippen molar-refractivity contribution in [3.05, 3.63) is 29.8 Å². The Bertz CT molecular complexity index is 462. The summed E-state index contributed by atoms with van der Waals surface area (Å²) in [4.78, 5) is 14.6. The normalized spacial score (nSPS) is 18.3. The fourth-order valence-electron chi connectivity index (χ4n) is 3.03. The van der Waals surface area contributed by atoms with Crippen molar-refractivity contribution in [3.63, 3.8) is 0 Å². The minimum Gasteiger partial charge on any atom is -0.399 e. The second-order valence-electron chi connectivity index (χ2n) is 6.30. The first-order valence-corrected chi connectivity index (χ1v) is 7.63. The molecule has 0 aromatic heterocycles. The van der Waals surface area contributed by atoms with Gasteiger partial charge in [-0.2, -0.15) is 0 Å². The Balaban J connectivity index is 1.98. The van der Waals surface area contributed by atoms with Crippen LogP contribution in [0.15, 0.2) is 24.3 Å². The molecule has 1 fully saturated rings. The summed E-state index contributed by atoms with van der Waals surface area (Å²) >= 11 is 0. The van der Waals surface area contributed by atoms with Crippen LogP contribution in [0.5, 0.6) is 0 Å². The number of piperidine rings is 1. The van der Waals surface area contributed by atoms with E-state index in [0.717, 1.165) is 49.0 Å². The van der Waals surface area contributed by atoms with Crippen molar-refractivity contribution >= 4 is 11.6 Å². The van der Waals surface area contributed by atoms with E-state index in [1.165, 1.54) is 0 Å². The highest BCUT2D eigenvalue weighted by Gasteiger charge is 2.27. The Morgan fingerprint density at radius 3 is 2.45 bits per heavy atom. The number of nitrogens with zero attached hydrogens (tertiary/aromatic N) is 1. The predicted octanol–water partition coefficient (Wildman–Crippen LogP) is 3.27. The van der Waals surface area contributed by atoms with Gasteiger partial charge in [0.25, 0.3) is 0 Å². The van der Waals surface area contributed by atoms with Gasteiger partial charge in [0.15, 0.2) is 0 Å². The van der Waals surface area contributed by atoms with Crippen molar-refractivity contribution in [1.82, 2.24) is 4.90 Å². The number of amides is 1. The van der Waals surface area contributed by atoms with E-state index in [2.05, 4.69) is 13.8 Å². The van der Waals surface area contributed by atoms with E-state index >= 15 is 0 Å². The van der Waals surface area contributed by atoms with Crippen LogP contribution >= 0.6 is 0 Å². The molecule has 0 radical (unpaired) electrons. The van der Waals surface area contributed by atoms with Crippen LogP contribution in [0.4, 0.5) is 5.69 Å². The smallest absolute Gasteiger partial charge is 0.229 e. The highest BCUT2D eigenvalue weighted by molar-refractivity contribution is 5.83. The van der Waals surface area contributed by atoms with Gasteiger partial charge in [-0.05, 0) is 49.3 Å². The zero-order valence-electron chi connectivity index (χ0n) is 12.8. The van der Waals surface area contributed by atoms with Gasteiger partial charge >= 0.3 is 0 Å². The number of hydrogen-bond acceptors (Lipinski definition) is 2. The third-order valence-electron chi connectivity index (χ3n) is 4.58. The Morgan fingerprint density at radius 1 is 1.25 bits per heavy atom. The highest BCUT2D eigenvalue weighted by atomic mass is 16.2. The molecule has 2 rings (SSSR count). The molecule has 0 saturated carbocycles. The summed E-state index contributed by atoms with van der Waals surface area (Å²) < 4.78 is 0.